The van der Waals surface area contributed by atoms with Gasteiger partial charge in [-0.2, -0.15) is 4.98 Å². The van der Waals surface area contributed by atoms with Gasteiger partial charge in [-0.3, -0.25) is 14.9 Å². The fraction of sp³-hybridized carbons (Fsp3) is 0.421. The average molecular weight is 350 g/mol. The molecule has 0 amide bonds. The summed E-state index contributed by atoms with van der Waals surface area (Å²) in [6, 6.07) is 6.63. The van der Waals surface area contributed by atoms with Crippen LogP contribution in [0.4, 0.5) is 0 Å². The van der Waals surface area contributed by atoms with Crippen LogP contribution < -0.4 is 0 Å². The van der Waals surface area contributed by atoms with Crippen LogP contribution in [0.25, 0.3) is 11.5 Å². The lowest BCUT2D eigenvalue weighted by atomic mass is 9.97. The Kier molecular flexibility index (Phi) is 5.25. The van der Waals surface area contributed by atoms with Crippen molar-refractivity contribution in [1.82, 2.24) is 30.0 Å². The summed E-state index contributed by atoms with van der Waals surface area (Å²) in [6.07, 6.45) is 12.6. The predicted octanol–water partition coefficient (Wildman–Crippen LogP) is 2.91. The zero-order valence-electron chi connectivity index (χ0n) is 14.7. The van der Waals surface area contributed by atoms with E-state index in [2.05, 4.69) is 36.1 Å². The van der Waals surface area contributed by atoms with Crippen LogP contribution in [-0.2, 0) is 13.0 Å². The van der Waals surface area contributed by atoms with Crippen molar-refractivity contribution in [3.8, 4) is 11.5 Å². The second-order valence-corrected chi connectivity index (χ2v) is 6.58. The Labute approximate surface area is 152 Å². The third-order valence-corrected chi connectivity index (χ3v) is 4.81. The highest BCUT2D eigenvalue weighted by Gasteiger charge is 2.24. The van der Waals surface area contributed by atoms with E-state index in [9.17, 15) is 0 Å². The second-order valence-electron chi connectivity index (χ2n) is 6.58. The van der Waals surface area contributed by atoms with Crippen molar-refractivity contribution in [2.24, 2.45) is 0 Å². The molecule has 0 aromatic carbocycles. The fourth-order valence-corrected chi connectivity index (χ4v) is 3.47. The molecule has 3 aromatic rings. The number of rotatable bonds is 6. The molecule has 1 saturated heterocycles. The second kappa shape index (κ2) is 8.14. The molecular formula is C19H22N6O. The third-order valence-electron chi connectivity index (χ3n) is 4.81. The Bertz CT molecular complexity index is 807. The molecule has 3 aromatic heterocycles. The molecule has 1 aliphatic heterocycles. The summed E-state index contributed by atoms with van der Waals surface area (Å²) in [4.78, 5) is 19.7. The fourth-order valence-electron chi connectivity index (χ4n) is 3.47. The van der Waals surface area contributed by atoms with Gasteiger partial charge in [-0.15, -0.1) is 0 Å². The van der Waals surface area contributed by atoms with Gasteiger partial charge in [0.25, 0.3) is 0 Å². The molecule has 1 fully saturated rings. The van der Waals surface area contributed by atoms with Crippen molar-refractivity contribution in [2.75, 3.05) is 6.54 Å². The first-order valence-electron chi connectivity index (χ1n) is 9.11. The molecule has 0 unspecified atom stereocenters. The van der Waals surface area contributed by atoms with Crippen LogP contribution in [0.3, 0.4) is 0 Å². The summed E-state index contributed by atoms with van der Waals surface area (Å²) >= 11 is 0. The molecule has 26 heavy (non-hydrogen) atoms. The van der Waals surface area contributed by atoms with Crippen LogP contribution >= 0.6 is 0 Å². The van der Waals surface area contributed by atoms with Crippen molar-refractivity contribution in [2.45, 2.75) is 44.7 Å². The maximum atomic E-state index is 5.45. The lowest BCUT2D eigenvalue weighted by Crippen LogP contribution is -2.39. The number of piperidine rings is 1. The highest BCUT2D eigenvalue weighted by atomic mass is 16.5. The van der Waals surface area contributed by atoms with Crippen molar-refractivity contribution in [3.63, 3.8) is 0 Å². The summed E-state index contributed by atoms with van der Waals surface area (Å²) in [5.41, 5.74) is 1.79. The lowest BCUT2D eigenvalue weighted by Gasteiger charge is -2.34. The van der Waals surface area contributed by atoms with Gasteiger partial charge in [0.2, 0.25) is 11.7 Å². The Morgan fingerprint density at radius 1 is 1.12 bits per heavy atom. The lowest BCUT2D eigenvalue weighted by molar-refractivity contribution is 0.117. The van der Waals surface area contributed by atoms with E-state index < -0.39 is 0 Å². The minimum atomic E-state index is 0.496. The Balaban J connectivity index is 1.40. The molecular weight excluding hydrogens is 328 g/mol. The van der Waals surface area contributed by atoms with E-state index in [1.807, 2.05) is 18.3 Å². The van der Waals surface area contributed by atoms with E-state index in [0.29, 0.717) is 30.0 Å². The number of nitrogens with zero attached hydrogens (tertiary/aromatic N) is 6. The molecule has 7 heteroatoms. The van der Waals surface area contributed by atoms with Gasteiger partial charge in [0.05, 0.1) is 12.7 Å². The van der Waals surface area contributed by atoms with Gasteiger partial charge in [-0.1, -0.05) is 17.6 Å². The predicted molar refractivity (Wildman–Crippen MR) is 95.9 cm³/mol. The molecule has 0 spiro atoms. The highest BCUT2D eigenvalue weighted by Crippen LogP contribution is 2.23. The molecule has 0 N–H and O–H groups in total. The van der Waals surface area contributed by atoms with E-state index >= 15 is 0 Å². The zero-order valence-corrected chi connectivity index (χ0v) is 14.7. The van der Waals surface area contributed by atoms with E-state index in [-0.39, 0.29) is 0 Å². The highest BCUT2D eigenvalue weighted by molar-refractivity contribution is 5.45. The van der Waals surface area contributed by atoms with Gasteiger partial charge in [0.1, 0.15) is 5.69 Å². The van der Waals surface area contributed by atoms with E-state index in [4.69, 9.17) is 4.52 Å². The van der Waals surface area contributed by atoms with Gasteiger partial charge in [0.15, 0.2) is 0 Å². The maximum Gasteiger partial charge on any atom is 0.241 e. The SMILES string of the molecule is c1ccc(CC[C@H]2CCCCN2Cc2nc(-c3cnccn3)no2)nc1. The molecule has 4 heterocycles. The van der Waals surface area contributed by atoms with Crippen LogP contribution in [-0.4, -0.2) is 42.6 Å². The van der Waals surface area contributed by atoms with E-state index in [1.54, 1.807) is 18.6 Å². The number of aryl methyl sites for hydroxylation is 1. The third kappa shape index (κ3) is 4.11. The minimum absolute atomic E-state index is 0.496. The van der Waals surface area contributed by atoms with Crippen LogP contribution in [0.15, 0.2) is 47.5 Å². The van der Waals surface area contributed by atoms with E-state index in [0.717, 1.165) is 25.1 Å². The van der Waals surface area contributed by atoms with Gasteiger partial charge < -0.3 is 4.52 Å². The molecule has 4 rings (SSSR count). The summed E-state index contributed by atoms with van der Waals surface area (Å²) in [7, 11) is 0. The van der Waals surface area contributed by atoms with Crippen LogP contribution in [0.5, 0.6) is 0 Å². The molecule has 134 valence electrons. The molecule has 1 aliphatic rings. The summed E-state index contributed by atoms with van der Waals surface area (Å²) in [5, 5.41) is 4.05. The molecule has 1 atom stereocenters. The van der Waals surface area contributed by atoms with Crippen LogP contribution in [0.1, 0.15) is 37.3 Å². The smallest absolute Gasteiger partial charge is 0.241 e. The van der Waals surface area contributed by atoms with Gasteiger partial charge in [-0.05, 0) is 44.4 Å². The molecule has 0 saturated carbocycles. The van der Waals surface area contributed by atoms with E-state index in [1.165, 1.54) is 19.3 Å². The summed E-state index contributed by atoms with van der Waals surface area (Å²) in [5.74, 6) is 1.13. The summed E-state index contributed by atoms with van der Waals surface area (Å²) in [6.45, 7) is 1.75. The topological polar surface area (TPSA) is 80.8 Å². The molecule has 0 bridgehead atoms. The normalized spacial score (nSPS) is 18.1. The average Bonchev–Trinajstić information content (AvgIpc) is 3.17. The molecule has 0 radical (unpaired) electrons. The standard InChI is InChI=1S/C19H22N6O/c1-3-9-21-15(5-1)7-8-16-6-2-4-12-25(16)14-18-23-19(24-26-18)17-13-20-10-11-22-17/h1,3,5,9-11,13,16H,2,4,6-8,12,14H2/t16-/m1/s1. The van der Waals surface area contributed by atoms with Gasteiger partial charge in [-0.25, -0.2) is 4.98 Å². The maximum absolute atomic E-state index is 5.45. The largest absolute Gasteiger partial charge is 0.337 e. The monoisotopic (exact) mass is 350 g/mol. The number of hydrogen-bond donors (Lipinski definition) is 0. The Morgan fingerprint density at radius 2 is 2.12 bits per heavy atom. The van der Waals surface area contributed by atoms with Gasteiger partial charge in [0, 0.05) is 30.3 Å². The molecule has 7 nitrogen and oxygen atoms in total. The van der Waals surface area contributed by atoms with Crippen LogP contribution in [0, 0.1) is 0 Å². The Morgan fingerprint density at radius 3 is 2.96 bits per heavy atom. The van der Waals surface area contributed by atoms with Crippen molar-refractivity contribution in [1.29, 1.82) is 0 Å². The van der Waals surface area contributed by atoms with Crippen molar-refractivity contribution >= 4 is 0 Å². The number of pyridine rings is 1. The summed E-state index contributed by atoms with van der Waals surface area (Å²) < 4.78 is 5.45. The van der Waals surface area contributed by atoms with Crippen molar-refractivity contribution in [3.05, 3.63) is 54.6 Å². The first-order chi connectivity index (χ1) is 12.9. The first kappa shape index (κ1) is 16.8. The number of likely N-dealkylation sites (tertiary alicyclic amines) is 1. The van der Waals surface area contributed by atoms with Crippen LogP contribution in [0.2, 0.25) is 0 Å². The quantitative estimate of drug-likeness (QED) is 0.676. The first-order valence-corrected chi connectivity index (χ1v) is 9.11. The van der Waals surface area contributed by atoms with Gasteiger partial charge >= 0.3 is 0 Å². The molecule has 0 aliphatic carbocycles. The number of hydrogen-bond acceptors (Lipinski definition) is 7. The van der Waals surface area contributed by atoms with Crippen molar-refractivity contribution < 1.29 is 4.52 Å². The Hall–Kier alpha value is -2.67. The number of aromatic nitrogens is 5. The zero-order chi connectivity index (χ0) is 17.6. The minimum Gasteiger partial charge on any atom is -0.337 e.